The molecule has 4 aromatic rings. The number of aromatic nitrogens is 3. The minimum atomic E-state index is 0.230. The Morgan fingerprint density at radius 3 is 2.45 bits per heavy atom. The van der Waals surface area contributed by atoms with E-state index in [1.165, 1.54) is 0 Å². The van der Waals surface area contributed by atoms with E-state index in [9.17, 15) is 0 Å². The van der Waals surface area contributed by atoms with Crippen molar-refractivity contribution in [2.75, 3.05) is 5.43 Å². The lowest BCUT2D eigenvalue weighted by Crippen LogP contribution is -2.16. The van der Waals surface area contributed by atoms with Crippen LogP contribution in [0.4, 0.5) is 0 Å². The van der Waals surface area contributed by atoms with Gasteiger partial charge < -0.3 is 10.2 Å². The summed E-state index contributed by atoms with van der Waals surface area (Å²) in [6.45, 7) is 0.632. The number of hydrogen-bond donors (Lipinski definition) is 2. The maximum absolute atomic E-state index is 6.26. The molecule has 0 saturated carbocycles. The lowest BCUT2D eigenvalue weighted by atomic mass is 10.2. The molecule has 5 nitrogen and oxygen atoms in total. The molecule has 0 spiro atoms. The molecule has 3 aromatic carbocycles. The van der Waals surface area contributed by atoms with Crippen LogP contribution in [0.15, 0.2) is 66.7 Å². The first-order valence-electron chi connectivity index (χ1n) is 9.34. The number of aromatic amines is 1. The zero-order valence-corrected chi connectivity index (χ0v) is 19.2. The highest BCUT2D eigenvalue weighted by Crippen LogP contribution is 2.28. The average molecular weight is 492 g/mol. The molecule has 4 rings (SSSR count). The minimum absolute atomic E-state index is 0.230. The number of ether oxygens (including phenoxy) is 1. The fraction of sp³-hybridized carbons (Fsp3) is 0.0909. The predicted molar refractivity (Wildman–Crippen MR) is 128 cm³/mol. The van der Waals surface area contributed by atoms with Crippen LogP contribution in [0.1, 0.15) is 11.1 Å². The highest BCUT2D eigenvalue weighted by atomic mass is 35.5. The Hall–Kier alpha value is -2.51. The van der Waals surface area contributed by atoms with Gasteiger partial charge in [0, 0.05) is 31.8 Å². The molecule has 1 heterocycles. The van der Waals surface area contributed by atoms with Gasteiger partial charge >= 0.3 is 0 Å². The fourth-order valence-corrected chi connectivity index (χ4v) is 3.93. The largest absolute Gasteiger partial charge is 0.488 e. The molecule has 0 radical (unpaired) electrons. The standard InChI is InChI=1S/C22H17Cl3N4OS/c23-16-9-10-20(30-13-17-18(24)7-4-8-19(17)25)15(11-16)12-26-29-21(27-28-22(29)31)14-5-2-1-3-6-14/h1-11,26H,12-13H2,(H,28,31). The van der Waals surface area contributed by atoms with Crippen molar-refractivity contribution in [1.29, 1.82) is 0 Å². The van der Waals surface area contributed by atoms with Crippen LogP contribution in [0.3, 0.4) is 0 Å². The number of rotatable bonds is 7. The van der Waals surface area contributed by atoms with Gasteiger partial charge in [-0.25, -0.2) is 9.77 Å². The molecule has 0 saturated heterocycles. The molecule has 0 bridgehead atoms. The zero-order chi connectivity index (χ0) is 21.8. The van der Waals surface area contributed by atoms with Crippen LogP contribution >= 0.6 is 47.0 Å². The van der Waals surface area contributed by atoms with Crippen molar-refractivity contribution in [1.82, 2.24) is 14.9 Å². The second kappa shape index (κ2) is 9.75. The second-order valence-corrected chi connectivity index (χ2v) is 8.27. The van der Waals surface area contributed by atoms with Crippen LogP contribution < -0.4 is 10.2 Å². The van der Waals surface area contributed by atoms with Crippen molar-refractivity contribution < 1.29 is 4.74 Å². The highest BCUT2D eigenvalue weighted by molar-refractivity contribution is 7.71. The molecule has 0 unspecified atom stereocenters. The summed E-state index contributed by atoms with van der Waals surface area (Å²) >= 11 is 24.1. The lowest BCUT2D eigenvalue weighted by Gasteiger charge is -2.15. The molecule has 0 aliphatic carbocycles. The van der Waals surface area contributed by atoms with Gasteiger partial charge in [0.1, 0.15) is 12.4 Å². The molecule has 9 heteroatoms. The third kappa shape index (κ3) is 5.05. The maximum atomic E-state index is 6.26. The molecular formula is C22H17Cl3N4OS. The van der Waals surface area contributed by atoms with E-state index in [0.717, 1.165) is 16.7 Å². The Morgan fingerprint density at radius 2 is 1.71 bits per heavy atom. The molecule has 0 amide bonds. The normalized spacial score (nSPS) is 10.8. The van der Waals surface area contributed by atoms with E-state index >= 15 is 0 Å². The van der Waals surface area contributed by atoms with Crippen molar-refractivity contribution in [3.05, 3.63) is 97.7 Å². The van der Waals surface area contributed by atoms with E-state index in [1.807, 2.05) is 42.5 Å². The number of nitrogens with zero attached hydrogens (tertiary/aromatic N) is 2. The van der Waals surface area contributed by atoms with Crippen LogP contribution in [0.25, 0.3) is 11.4 Å². The summed E-state index contributed by atoms with van der Waals surface area (Å²) in [6, 6.07) is 20.5. The van der Waals surface area contributed by atoms with Crippen molar-refractivity contribution in [3.8, 4) is 17.1 Å². The summed E-state index contributed by atoms with van der Waals surface area (Å²) in [7, 11) is 0. The first kappa shape index (κ1) is 21.7. The Bertz CT molecular complexity index is 1240. The van der Waals surface area contributed by atoms with Crippen molar-refractivity contribution in [2.24, 2.45) is 0 Å². The zero-order valence-electron chi connectivity index (χ0n) is 16.1. The second-order valence-electron chi connectivity index (χ2n) is 6.63. The van der Waals surface area contributed by atoms with Crippen LogP contribution in [-0.4, -0.2) is 14.9 Å². The maximum Gasteiger partial charge on any atom is 0.214 e. The van der Waals surface area contributed by atoms with Crippen LogP contribution in [0.2, 0.25) is 15.1 Å². The molecule has 0 fully saturated rings. The number of H-pyrrole nitrogens is 1. The molecule has 2 N–H and O–H groups in total. The van der Waals surface area contributed by atoms with E-state index in [4.69, 9.17) is 51.8 Å². The molecular weight excluding hydrogens is 475 g/mol. The van der Waals surface area contributed by atoms with Gasteiger partial charge in [0.2, 0.25) is 4.77 Å². The summed E-state index contributed by atoms with van der Waals surface area (Å²) in [4.78, 5) is 0. The lowest BCUT2D eigenvalue weighted by molar-refractivity contribution is 0.303. The van der Waals surface area contributed by atoms with Gasteiger partial charge in [-0.05, 0) is 42.5 Å². The van der Waals surface area contributed by atoms with Crippen LogP contribution in [-0.2, 0) is 13.2 Å². The Balaban J connectivity index is 1.56. The van der Waals surface area contributed by atoms with Gasteiger partial charge in [0.25, 0.3) is 0 Å². The molecule has 0 aliphatic heterocycles. The van der Waals surface area contributed by atoms with E-state index in [2.05, 4.69) is 15.6 Å². The van der Waals surface area contributed by atoms with Crippen molar-refractivity contribution in [3.63, 3.8) is 0 Å². The first-order chi connectivity index (χ1) is 15.0. The molecule has 31 heavy (non-hydrogen) atoms. The quantitative estimate of drug-likeness (QED) is 0.276. The Labute approximate surface area is 199 Å². The molecule has 1 aromatic heterocycles. The third-order valence-corrected chi connectivity index (χ3v) is 5.81. The van der Waals surface area contributed by atoms with Gasteiger partial charge in [0.15, 0.2) is 5.82 Å². The minimum Gasteiger partial charge on any atom is -0.488 e. The van der Waals surface area contributed by atoms with Gasteiger partial charge in [-0.3, -0.25) is 0 Å². The summed E-state index contributed by atoms with van der Waals surface area (Å²) in [5.74, 6) is 1.34. The molecule has 0 atom stereocenters. The summed E-state index contributed by atoms with van der Waals surface area (Å²) < 4.78 is 8.20. The van der Waals surface area contributed by atoms with E-state index < -0.39 is 0 Å². The number of hydrogen-bond acceptors (Lipinski definition) is 4. The van der Waals surface area contributed by atoms with Gasteiger partial charge in [0.05, 0.1) is 6.54 Å². The van der Waals surface area contributed by atoms with E-state index in [1.54, 1.807) is 28.9 Å². The van der Waals surface area contributed by atoms with Crippen LogP contribution in [0, 0.1) is 4.77 Å². The van der Waals surface area contributed by atoms with Gasteiger partial charge in [-0.2, -0.15) is 5.10 Å². The topological polar surface area (TPSA) is 54.9 Å². The summed E-state index contributed by atoms with van der Waals surface area (Å²) in [6.07, 6.45) is 0. The third-order valence-electron chi connectivity index (χ3n) is 4.59. The highest BCUT2D eigenvalue weighted by Gasteiger charge is 2.12. The predicted octanol–water partition coefficient (Wildman–Crippen LogP) is 6.89. The molecule has 0 aliphatic rings. The fourth-order valence-electron chi connectivity index (χ4n) is 3.04. The Kier molecular flexibility index (Phi) is 6.83. The van der Waals surface area contributed by atoms with Crippen molar-refractivity contribution >= 4 is 47.0 Å². The van der Waals surface area contributed by atoms with Gasteiger partial charge in [-0.15, -0.1) is 0 Å². The van der Waals surface area contributed by atoms with Gasteiger partial charge in [-0.1, -0.05) is 71.2 Å². The SMILES string of the molecule is S=c1[nH]nc(-c2ccccc2)n1NCc1cc(Cl)ccc1OCc1c(Cl)cccc1Cl. The van der Waals surface area contributed by atoms with Crippen LogP contribution in [0.5, 0.6) is 5.75 Å². The van der Waals surface area contributed by atoms with E-state index in [-0.39, 0.29) is 6.61 Å². The van der Waals surface area contributed by atoms with E-state index in [0.29, 0.717) is 38.0 Å². The average Bonchev–Trinajstić information content (AvgIpc) is 3.14. The smallest absolute Gasteiger partial charge is 0.214 e. The number of halogens is 3. The number of benzene rings is 3. The monoisotopic (exact) mass is 490 g/mol. The number of nitrogens with one attached hydrogen (secondary N) is 2. The first-order valence-corrected chi connectivity index (χ1v) is 10.9. The van der Waals surface area contributed by atoms with Crippen molar-refractivity contribution in [2.45, 2.75) is 13.2 Å². The summed E-state index contributed by atoms with van der Waals surface area (Å²) in [5, 5.41) is 8.86. The summed E-state index contributed by atoms with van der Waals surface area (Å²) in [5.41, 5.74) is 5.79. The molecule has 158 valence electrons. The Morgan fingerprint density at radius 1 is 0.968 bits per heavy atom.